The number of carbonyl (C=O) groups excluding carboxylic acids is 2. The van der Waals surface area contributed by atoms with Gasteiger partial charge in [0, 0.05) is 33.2 Å². The summed E-state index contributed by atoms with van der Waals surface area (Å²) in [4.78, 5) is 27.8. The van der Waals surface area contributed by atoms with Crippen LogP contribution in [-0.4, -0.2) is 44.3 Å². The van der Waals surface area contributed by atoms with E-state index in [4.69, 9.17) is 46.4 Å². The monoisotopic (exact) mass is 615 g/mol. The molecule has 1 atom stereocenters. The van der Waals surface area contributed by atoms with Gasteiger partial charge in [0.05, 0.1) is 10.6 Å². The molecule has 3 aromatic rings. The normalized spacial score (nSPS) is 12.1. The molecule has 38 heavy (non-hydrogen) atoms. The summed E-state index contributed by atoms with van der Waals surface area (Å²) in [7, 11) is -4.23. The van der Waals surface area contributed by atoms with Gasteiger partial charge in [-0.05, 0) is 61.9 Å². The smallest absolute Gasteiger partial charge is 0.264 e. The molecule has 7 nitrogen and oxygen atoms in total. The van der Waals surface area contributed by atoms with Gasteiger partial charge in [-0.1, -0.05) is 70.7 Å². The first-order valence-corrected chi connectivity index (χ1v) is 14.4. The molecule has 0 saturated heterocycles. The highest BCUT2D eigenvalue weighted by molar-refractivity contribution is 7.92. The fourth-order valence-electron chi connectivity index (χ4n) is 3.67. The van der Waals surface area contributed by atoms with Gasteiger partial charge in [0.1, 0.15) is 12.6 Å². The van der Waals surface area contributed by atoms with Crippen LogP contribution in [0.1, 0.15) is 19.4 Å². The van der Waals surface area contributed by atoms with Crippen LogP contribution in [0, 0.1) is 0 Å². The molecule has 0 spiro atoms. The van der Waals surface area contributed by atoms with E-state index in [1.165, 1.54) is 41.3 Å². The van der Waals surface area contributed by atoms with Gasteiger partial charge in [0.2, 0.25) is 11.8 Å². The SMILES string of the molecule is CCNC(=O)[C@@H](C)N(Cc1ccc(Cl)cc1Cl)C(=O)CN(c1cc(Cl)cc(Cl)c1)S(=O)(=O)c1ccccc1. The fourth-order valence-corrected chi connectivity index (χ4v) is 6.07. The summed E-state index contributed by atoms with van der Waals surface area (Å²) in [5.74, 6) is -1.06. The lowest BCUT2D eigenvalue weighted by Gasteiger charge is -2.32. The highest BCUT2D eigenvalue weighted by Gasteiger charge is 2.33. The molecule has 2 amide bonds. The second-order valence-electron chi connectivity index (χ2n) is 8.28. The molecule has 0 unspecified atom stereocenters. The lowest BCUT2D eigenvalue weighted by molar-refractivity contribution is -0.139. The average Bonchev–Trinajstić information content (AvgIpc) is 2.86. The third-order valence-corrected chi connectivity index (χ3v) is 8.43. The number of amides is 2. The maximum Gasteiger partial charge on any atom is 0.264 e. The van der Waals surface area contributed by atoms with Crippen LogP contribution in [0.15, 0.2) is 71.6 Å². The Morgan fingerprint density at radius 1 is 0.895 bits per heavy atom. The summed E-state index contributed by atoms with van der Waals surface area (Å²) in [5, 5.41) is 3.78. The van der Waals surface area contributed by atoms with Crippen LogP contribution < -0.4 is 9.62 Å². The van der Waals surface area contributed by atoms with Gasteiger partial charge in [0.25, 0.3) is 10.0 Å². The average molecular weight is 617 g/mol. The number of nitrogens with one attached hydrogen (secondary N) is 1. The molecule has 0 saturated carbocycles. The quantitative estimate of drug-likeness (QED) is 0.300. The molecule has 0 aliphatic rings. The van der Waals surface area contributed by atoms with Crippen molar-refractivity contribution in [3.63, 3.8) is 0 Å². The van der Waals surface area contributed by atoms with E-state index in [9.17, 15) is 18.0 Å². The highest BCUT2D eigenvalue weighted by atomic mass is 35.5. The molecule has 3 rings (SSSR count). The second kappa shape index (κ2) is 13.0. The van der Waals surface area contributed by atoms with Crippen LogP contribution in [0.5, 0.6) is 0 Å². The minimum Gasteiger partial charge on any atom is -0.355 e. The van der Waals surface area contributed by atoms with Crippen molar-refractivity contribution < 1.29 is 18.0 Å². The lowest BCUT2D eigenvalue weighted by atomic mass is 10.1. The lowest BCUT2D eigenvalue weighted by Crippen LogP contribution is -2.51. The van der Waals surface area contributed by atoms with Crippen LogP contribution in [0.2, 0.25) is 20.1 Å². The summed E-state index contributed by atoms with van der Waals surface area (Å²) in [6, 6.07) is 15.7. The van der Waals surface area contributed by atoms with Crippen LogP contribution in [0.3, 0.4) is 0 Å². The van der Waals surface area contributed by atoms with Crippen molar-refractivity contribution in [2.45, 2.75) is 31.3 Å². The van der Waals surface area contributed by atoms with Crippen LogP contribution in [0.25, 0.3) is 0 Å². The molecule has 0 aromatic heterocycles. The van der Waals surface area contributed by atoms with E-state index >= 15 is 0 Å². The number of nitrogens with zero attached hydrogens (tertiary/aromatic N) is 2. The molecule has 0 heterocycles. The van der Waals surface area contributed by atoms with E-state index in [-0.39, 0.29) is 27.2 Å². The molecular formula is C26H25Cl4N3O4S. The van der Waals surface area contributed by atoms with Gasteiger partial charge in [-0.25, -0.2) is 8.42 Å². The Labute approximate surface area is 242 Å². The van der Waals surface area contributed by atoms with Gasteiger partial charge >= 0.3 is 0 Å². The summed E-state index contributed by atoms with van der Waals surface area (Å²) in [6.07, 6.45) is 0. The Bertz CT molecular complexity index is 1400. The zero-order valence-electron chi connectivity index (χ0n) is 20.5. The zero-order valence-corrected chi connectivity index (χ0v) is 24.3. The van der Waals surface area contributed by atoms with Gasteiger partial charge < -0.3 is 10.2 Å². The van der Waals surface area contributed by atoms with Crippen LogP contribution in [-0.2, 0) is 26.2 Å². The van der Waals surface area contributed by atoms with E-state index in [1.54, 1.807) is 44.2 Å². The van der Waals surface area contributed by atoms with E-state index in [2.05, 4.69) is 5.32 Å². The fraction of sp³-hybridized carbons (Fsp3) is 0.231. The molecular weight excluding hydrogens is 592 g/mol. The van der Waals surface area contributed by atoms with Crippen molar-refractivity contribution in [2.24, 2.45) is 0 Å². The van der Waals surface area contributed by atoms with Crippen molar-refractivity contribution in [1.29, 1.82) is 0 Å². The van der Waals surface area contributed by atoms with Crippen molar-refractivity contribution in [3.05, 3.63) is 92.4 Å². The van der Waals surface area contributed by atoms with Gasteiger partial charge in [-0.3, -0.25) is 13.9 Å². The molecule has 0 fully saturated rings. The van der Waals surface area contributed by atoms with Crippen molar-refractivity contribution in [1.82, 2.24) is 10.2 Å². The largest absolute Gasteiger partial charge is 0.355 e. The van der Waals surface area contributed by atoms with Crippen LogP contribution in [0.4, 0.5) is 5.69 Å². The third kappa shape index (κ3) is 7.33. The first-order chi connectivity index (χ1) is 17.9. The topological polar surface area (TPSA) is 86.8 Å². The zero-order chi connectivity index (χ0) is 28.0. The Morgan fingerprint density at radius 2 is 1.53 bits per heavy atom. The van der Waals surface area contributed by atoms with Crippen molar-refractivity contribution >= 4 is 73.9 Å². The van der Waals surface area contributed by atoms with E-state index in [0.29, 0.717) is 22.2 Å². The number of halogens is 4. The molecule has 0 aliphatic heterocycles. The molecule has 12 heteroatoms. The Hall–Kier alpha value is -2.49. The molecule has 0 aliphatic carbocycles. The highest BCUT2D eigenvalue weighted by Crippen LogP contribution is 2.30. The number of likely N-dealkylation sites (N-methyl/N-ethyl adjacent to an activating group) is 1. The number of hydrogen-bond donors (Lipinski definition) is 1. The number of hydrogen-bond acceptors (Lipinski definition) is 4. The first-order valence-electron chi connectivity index (χ1n) is 11.5. The summed E-state index contributed by atoms with van der Waals surface area (Å²) < 4.78 is 28.4. The number of sulfonamides is 1. The van der Waals surface area contributed by atoms with Crippen molar-refractivity contribution in [2.75, 3.05) is 17.4 Å². The van der Waals surface area contributed by atoms with Crippen LogP contribution >= 0.6 is 46.4 Å². The Balaban J connectivity index is 2.07. The molecule has 0 bridgehead atoms. The maximum atomic E-state index is 13.8. The maximum absolute atomic E-state index is 13.8. The van der Waals surface area contributed by atoms with E-state index in [0.717, 1.165) is 4.31 Å². The standard InChI is InChI=1S/C26H25Cl4N3O4S/c1-3-31-26(35)17(2)32(15-18-9-10-19(27)14-24(18)30)25(34)16-33(22-12-20(28)11-21(29)13-22)38(36,37)23-7-5-4-6-8-23/h4-14,17H,3,15-16H2,1-2H3,(H,31,35)/t17-/m1/s1. The number of carbonyl (C=O) groups is 2. The van der Waals surface area contributed by atoms with Gasteiger partial charge in [-0.15, -0.1) is 0 Å². The number of benzene rings is 3. The predicted molar refractivity (Wildman–Crippen MR) is 153 cm³/mol. The predicted octanol–water partition coefficient (Wildman–Crippen LogP) is 6.05. The second-order valence-corrected chi connectivity index (χ2v) is 11.9. The molecule has 1 N–H and O–H groups in total. The molecule has 3 aromatic carbocycles. The summed E-state index contributed by atoms with van der Waals surface area (Å²) >= 11 is 24.7. The van der Waals surface area contributed by atoms with Gasteiger partial charge in [-0.2, -0.15) is 0 Å². The van der Waals surface area contributed by atoms with E-state index in [1.807, 2.05) is 0 Å². The molecule has 0 radical (unpaired) electrons. The minimum absolute atomic E-state index is 0.0343. The first kappa shape index (κ1) is 30.1. The molecule has 202 valence electrons. The van der Waals surface area contributed by atoms with E-state index < -0.39 is 34.4 Å². The van der Waals surface area contributed by atoms with Crippen molar-refractivity contribution in [3.8, 4) is 0 Å². The Morgan fingerprint density at radius 3 is 2.11 bits per heavy atom. The Kier molecular flexibility index (Phi) is 10.3. The third-order valence-electron chi connectivity index (χ3n) is 5.62. The minimum atomic E-state index is -4.23. The number of anilines is 1. The summed E-state index contributed by atoms with van der Waals surface area (Å²) in [6.45, 7) is 2.96. The summed E-state index contributed by atoms with van der Waals surface area (Å²) in [5.41, 5.74) is 0.624. The van der Waals surface area contributed by atoms with Gasteiger partial charge in [0.15, 0.2) is 0 Å². The number of rotatable bonds is 10.